The largest absolute Gasteiger partial charge is 0.472 e. The van der Waals surface area contributed by atoms with Gasteiger partial charge in [-0.3, -0.25) is 9.59 Å². The van der Waals surface area contributed by atoms with Gasteiger partial charge in [-0.1, -0.05) is 6.92 Å². The van der Waals surface area contributed by atoms with E-state index < -0.39 is 6.04 Å². The lowest BCUT2D eigenvalue weighted by atomic mass is 10.1. The van der Waals surface area contributed by atoms with Gasteiger partial charge in [0.15, 0.2) is 5.57 Å². The van der Waals surface area contributed by atoms with Crippen molar-refractivity contribution in [1.82, 2.24) is 15.1 Å². The number of likely N-dealkylation sites (tertiary alicyclic amines) is 2. The number of rotatable bonds is 7. The summed E-state index contributed by atoms with van der Waals surface area (Å²) in [5, 5.41) is 25.7. The van der Waals surface area contributed by atoms with Crippen LogP contribution in [0, 0.1) is 22.7 Å². The van der Waals surface area contributed by atoms with Gasteiger partial charge in [0, 0.05) is 30.8 Å². The van der Waals surface area contributed by atoms with Crippen molar-refractivity contribution in [2.75, 3.05) is 31.5 Å². The molecular formula is C26H30N6O3. The van der Waals surface area contributed by atoms with E-state index in [9.17, 15) is 20.1 Å². The highest BCUT2D eigenvalue weighted by molar-refractivity contribution is 5.89. The molecule has 9 heteroatoms. The highest BCUT2D eigenvalue weighted by atomic mass is 16.3. The van der Waals surface area contributed by atoms with Gasteiger partial charge >= 0.3 is 0 Å². The average molecular weight is 475 g/mol. The van der Waals surface area contributed by atoms with Crippen LogP contribution in [0.15, 0.2) is 40.5 Å². The molecule has 3 heterocycles. The first-order chi connectivity index (χ1) is 17.0. The summed E-state index contributed by atoms with van der Waals surface area (Å²) in [5.74, 6) is -0.0168. The summed E-state index contributed by atoms with van der Waals surface area (Å²) in [6.45, 7) is 4.08. The molecule has 3 aliphatic heterocycles. The Hall–Kier alpha value is -3.98. The Morgan fingerprint density at radius 3 is 2.63 bits per heavy atom. The summed E-state index contributed by atoms with van der Waals surface area (Å²) >= 11 is 0. The van der Waals surface area contributed by atoms with Crippen molar-refractivity contribution < 1.29 is 14.0 Å². The lowest BCUT2D eigenvalue weighted by Gasteiger charge is -2.28. The van der Waals surface area contributed by atoms with Gasteiger partial charge in [-0.15, -0.1) is 0 Å². The monoisotopic (exact) mass is 474 g/mol. The smallest absolute Gasteiger partial charge is 0.245 e. The van der Waals surface area contributed by atoms with Gasteiger partial charge in [-0.25, -0.2) is 0 Å². The van der Waals surface area contributed by atoms with E-state index in [4.69, 9.17) is 4.42 Å². The molecule has 2 saturated heterocycles. The molecule has 35 heavy (non-hydrogen) atoms. The number of nitriles is 2. The molecule has 1 aliphatic carbocycles. The summed E-state index contributed by atoms with van der Waals surface area (Å²) in [6.07, 6.45) is 8.08. The SMILES string of the molecule is CCc1cc2coccc-2c1NC(N[C@H]1CCCCN(CC(=O)N2CCCC2)C1=O)=C(C#N)C#N. The molecule has 4 aliphatic rings. The Morgan fingerprint density at radius 1 is 1.17 bits per heavy atom. The third kappa shape index (κ3) is 5.25. The third-order valence-electron chi connectivity index (χ3n) is 6.73. The number of nitrogens with zero attached hydrogens (tertiary/aromatic N) is 4. The predicted octanol–water partition coefficient (Wildman–Crippen LogP) is 3.21. The van der Waals surface area contributed by atoms with E-state index in [2.05, 4.69) is 10.6 Å². The van der Waals surface area contributed by atoms with Crippen LogP contribution in [0.25, 0.3) is 11.1 Å². The van der Waals surface area contributed by atoms with Gasteiger partial charge in [-0.2, -0.15) is 10.5 Å². The second-order valence-electron chi connectivity index (χ2n) is 8.96. The standard InChI is InChI=1S/C26H30N6O3/c1-2-18-13-19-17-35-12-8-21(19)24(18)30-25(20(14-27)15-28)29-22-7-3-4-11-32(26(22)34)16-23(33)31-9-5-6-10-31/h8,12-13,17,22,29-30H,2-7,9-11,16H2,1H3/t22-/m0/s1. The molecule has 0 spiro atoms. The maximum atomic E-state index is 13.4. The lowest BCUT2D eigenvalue weighted by Crippen LogP contribution is -2.49. The molecular weight excluding hydrogens is 444 g/mol. The van der Waals surface area contributed by atoms with E-state index in [0.717, 1.165) is 67.6 Å². The molecule has 2 fully saturated rings. The molecule has 9 nitrogen and oxygen atoms in total. The van der Waals surface area contributed by atoms with Crippen LogP contribution in [0.3, 0.4) is 0 Å². The van der Waals surface area contributed by atoms with E-state index in [1.165, 1.54) is 0 Å². The number of anilines is 1. The molecule has 1 atom stereocenters. The zero-order valence-corrected chi connectivity index (χ0v) is 20.0. The van der Waals surface area contributed by atoms with E-state index >= 15 is 0 Å². The number of hydrogen-bond acceptors (Lipinski definition) is 7. The van der Waals surface area contributed by atoms with Gasteiger partial charge in [0.05, 0.1) is 24.8 Å². The average Bonchev–Trinajstić information content (AvgIpc) is 3.50. The van der Waals surface area contributed by atoms with E-state index in [-0.39, 0.29) is 29.8 Å². The molecule has 4 rings (SSSR count). The number of amides is 2. The third-order valence-corrected chi connectivity index (χ3v) is 6.73. The quantitative estimate of drug-likeness (QED) is 0.590. The highest BCUT2D eigenvalue weighted by Crippen LogP contribution is 2.37. The van der Waals surface area contributed by atoms with Crippen molar-refractivity contribution in [2.45, 2.75) is 51.5 Å². The van der Waals surface area contributed by atoms with Gasteiger partial charge < -0.3 is 24.9 Å². The van der Waals surface area contributed by atoms with Crippen LogP contribution >= 0.6 is 0 Å². The normalized spacial score (nSPS) is 18.0. The number of allylic oxidation sites excluding steroid dienone is 1. The molecule has 0 aromatic carbocycles. The van der Waals surface area contributed by atoms with Crippen LogP contribution in [0.4, 0.5) is 5.69 Å². The summed E-state index contributed by atoms with van der Waals surface area (Å²) in [5.41, 5.74) is 3.43. The minimum absolute atomic E-state index is 0.0265. The first kappa shape index (κ1) is 24.2. The molecule has 0 radical (unpaired) electrons. The Bertz CT molecular complexity index is 1150. The second kappa shape index (κ2) is 11.0. The maximum absolute atomic E-state index is 13.4. The number of fused-ring (bicyclic) bond motifs is 1. The summed E-state index contributed by atoms with van der Waals surface area (Å²) in [6, 6.07) is 7.06. The second-order valence-corrected chi connectivity index (χ2v) is 8.96. The number of hydrogen-bond donors (Lipinski definition) is 2. The van der Waals surface area contributed by atoms with Crippen LogP contribution < -0.4 is 10.6 Å². The predicted molar refractivity (Wildman–Crippen MR) is 130 cm³/mol. The number of carbonyl (C=O) groups excluding carboxylic acids is 2. The molecule has 2 amide bonds. The molecule has 2 N–H and O–H groups in total. The minimum atomic E-state index is -0.649. The van der Waals surface area contributed by atoms with Crippen molar-refractivity contribution in [3.05, 3.63) is 41.6 Å². The zero-order chi connectivity index (χ0) is 24.8. The van der Waals surface area contributed by atoms with Crippen molar-refractivity contribution >= 4 is 17.5 Å². The summed E-state index contributed by atoms with van der Waals surface area (Å²) in [7, 11) is 0. The highest BCUT2D eigenvalue weighted by Gasteiger charge is 2.31. The first-order valence-electron chi connectivity index (χ1n) is 12.2. The number of carbonyl (C=O) groups is 2. The maximum Gasteiger partial charge on any atom is 0.245 e. The van der Waals surface area contributed by atoms with E-state index in [1.807, 2.05) is 36.1 Å². The molecule has 0 aromatic rings. The molecule has 182 valence electrons. The van der Waals surface area contributed by atoms with E-state index in [1.54, 1.807) is 17.4 Å². The van der Waals surface area contributed by atoms with Gasteiger partial charge in [-0.05, 0) is 56.2 Å². The fourth-order valence-corrected chi connectivity index (χ4v) is 4.81. The van der Waals surface area contributed by atoms with Crippen LogP contribution in [0.2, 0.25) is 0 Å². The van der Waals surface area contributed by atoms with Crippen molar-refractivity contribution in [1.29, 1.82) is 10.5 Å². The van der Waals surface area contributed by atoms with Crippen molar-refractivity contribution in [3.8, 4) is 23.3 Å². The summed E-state index contributed by atoms with van der Waals surface area (Å²) < 4.78 is 5.29. The number of aryl methyl sites for hydroxylation is 1. The molecule has 0 bridgehead atoms. The Morgan fingerprint density at radius 2 is 1.91 bits per heavy atom. The minimum Gasteiger partial charge on any atom is -0.472 e. The van der Waals surface area contributed by atoms with Gasteiger partial charge in [0.2, 0.25) is 11.8 Å². The Kier molecular flexibility index (Phi) is 7.57. The van der Waals surface area contributed by atoms with Gasteiger partial charge in [0.25, 0.3) is 0 Å². The van der Waals surface area contributed by atoms with E-state index in [0.29, 0.717) is 13.0 Å². The number of nitrogens with one attached hydrogen (secondary N) is 2. The fourth-order valence-electron chi connectivity index (χ4n) is 4.81. The van der Waals surface area contributed by atoms with Crippen LogP contribution in [0.1, 0.15) is 44.6 Å². The Labute approximate surface area is 205 Å². The van der Waals surface area contributed by atoms with Crippen LogP contribution in [0.5, 0.6) is 0 Å². The fraction of sp³-hybridized carbons (Fsp3) is 0.462. The topological polar surface area (TPSA) is 125 Å². The lowest BCUT2D eigenvalue weighted by molar-refractivity contribution is -0.140. The molecule has 0 aromatic heterocycles. The van der Waals surface area contributed by atoms with Crippen molar-refractivity contribution in [3.63, 3.8) is 0 Å². The summed E-state index contributed by atoms with van der Waals surface area (Å²) in [4.78, 5) is 29.6. The first-order valence-corrected chi connectivity index (χ1v) is 12.2. The molecule has 0 unspecified atom stereocenters. The van der Waals surface area contributed by atoms with Crippen LogP contribution in [-0.2, 0) is 16.0 Å². The zero-order valence-electron chi connectivity index (χ0n) is 20.0. The molecule has 0 saturated carbocycles. The van der Waals surface area contributed by atoms with Crippen LogP contribution in [-0.4, -0.2) is 53.8 Å². The van der Waals surface area contributed by atoms with Gasteiger partial charge in [0.1, 0.15) is 24.0 Å². The Balaban J connectivity index is 1.58. The van der Waals surface area contributed by atoms with Crippen molar-refractivity contribution in [2.24, 2.45) is 0 Å².